The molecule has 0 unspecified atom stereocenters. The second-order valence-corrected chi connectivity index (χ2v) is 9.37. The molecule has 0 aliphatic carbocycles. The molecule has 0 atom stereocenters. The molecule has 2 N–H and O–H groups in total. The van der Waals surface area contributed by atoms with Crippen molar-refractivity contribution in [3.8, 4) is 5.75 Å². The number of carboxylic acids is 1. The van der Waals surface area contributed by atoms with Gasteiger partial charge in [0.25, 0.3) is 0 Å². The minimum Gasteiger partial charge on any atom is -0.507 e. The Morgan fingerprint density at radius 2 is 1.29 bits per heavy atom. The van der Waals surface area contributed by atoms with Gasteiger partial charge in [-0.25, -0.2) is 4.79 Å². The van der Waals surface area contributed by atoms with Gasteiger partial charge in [-0.05, 0) is 66.1 Å². The number of unbranched alkanes of at least 4 members (excludes halogenated alkanes) is 3. The van der Waals surface area contributed by atoms with E-state index < -0.39 is 5.97 Å². The van der Waals surface area contributed by atoms with Crippen LogP contribution in [0.1, 0.15) is 78.6 Å². The number of anilines is 1. The van der Waals surface area contributed by atoms with Crippen molar-refractivity contribution in [3.05, 3.63) is 94.5 Å². The Bertz CT molecular complexity index is 1060. The first-order chi connectivity index (χ1) is 17.0. The molecular weight excluding hydrogens is 434 g/mol. The smallest absolute Gasteiger partial charge is 0.339 e. The van der Waals surface area contributed by atoms with Crippen LogP contribution < -0.4 is 4.90 Å². The fraction of sp³-hybridized carbons (Fsp3) is 0.387. The maximum atomic E-state index is 11.5. The summed E-state index contributed by atoms with van der Waals surface area (Å²) in [6.45, 7) is 5.95. The van der Waals surface area contributed by atoms with E-state index in [-0.39, 0.29) is 11.3 Å². The predicted octanol–water partition coefficient (Wildman–Crippen LogP) is 7.42. The van der Waals surface area contributed by atoms with Crippen molar-refractivity contribution in [1.29, 1.82) is 0 Å². The summed E-state index contributed by atoms with van der Waals surface area (Å²) in [5, 5.41) is 19.4. The van der Waals surface area contributed by atoms with Crippen LogP contribution in [-0.2, 0) is 25.8 Å². The van der Waals surface area contributed by atoms with Crippen LogP contribution in [0.4, 0.5) is 5.69 Å². The van der Waals surface area contributed by atoms with Gasteiger partial charge in [0.15, 0.2) is 0 Å². The van der Waals surface area contributed by atoms with Crippen LogP contribution in [0.3, 0.4) is 0 Å². The average Bonchev–Trinajstić information content (AvgIpc) is 2.86. The highest BCUT2D eigenvalue weighted by atomic mass is 16.4. The summed E-state index contributed by atoms with van der Waals surface area (Å²) < 4.78 is 0. The molecule has 0 aliphatic heterocycles. The molecule has 0 amide bonds. The van der Waals surface area contributed by atoms with Crippen molar-refractivity contribution in [1.82, 2.24) is 0 Å². The summed E-state index contributed by atoms with van der Waals surface area (Å²) in [5.74, 6) is -1.31. The quantitative estimate of drug-likeness (QED) is 0.239. The third-order valence-corrected chi connectivity index (χ3v) is 6.52. The highest BCUT2D eigenvalue weighted by Crippen LogP contribution is 2.26. The Morgan fingerprint density at radius 3 is 1.83 bits per heavy atom. The lowest BCUT2D eigenvalue weighted by Gasteiger charge is -2.26. The summed E-state index contributed by atoms with van der Waals surface area (Å²) in [4.78, 5) is 13.7. The summed E-state index contributed by atoms with van der Waals surface area (Å²) in [5.41, 5.74) is 6.06. The SMILES string of the molecule is CCCCCCN(Cc1ccc(CCc2ccc(CCC)cc2)cc1)c1ccc(O)c(C(=O)O)c1. The molecule has 0 heterocycles. The number of carboxylic acid groups (broad SMARTS) is 1. The van der Waals surface area contributed by atoms with E-state index in [0.717, 1.165) is 44.3 Å². The number of carbonyl (C=O) groups is 1. The van der Waals surface area contributed by atoms with Crippen molar-refractivity contribution < 1.29 is 15.0 Å². The molecule has 3 aromatic carbocycles. The first kappa shape index (κ1) is 26.3. The Balaban J connectivity index is 1.65. The monoisotopic (exact) mass is 473 g/mol. The predicted molar refractivity (Wildman–Crippen MR) is 145 cm³/mol. The number of aromatic carboxylic acids is 1. The molecule has 0 saturated heterocycles. The van der Waals surface area contributed by atoms with E-state index in [2.05, 4.69) is 67.3 Å². The van der Waals surface area contributed by atoms with Crippen LogP contribution in [0.15, 0.2) is 66.7 Å². The van der Waals surface area contributed by atoms with Gasteiger partial charge in [-0.3, -0.25) is 0 Å². The minimum absolute atomic E-state index is 0.0564. The molecule has 3 aromatic rings. The fourth-order valence-electron chi connectivity index (χ4n) is 4.40. The van der Waals surface area contributed by atoms with E-state index in [0.29, 0.717) is 6.54 Å². The van der Waals surface area contributed by atoms with Gasteiger partial charge in [-0.1, -0.05) is 88.1 Å². The molecule has 4 heteroatoms. The third kappa shape index (κ3) is 8.17. The highest BCUT2D eigenvalue weighted by Gasteiger charge is 2.14. The number of nitrogens with zero attached hydrogens (tertiary/aromatic N) is 1. The molecule has 0 bridgehead atoms. The van der Waals surface area contributed by atoms with Gasteiger partial charge in [0, 0.05) is 18.8 Å². The zero-order chi connectivity index (χ0) is 25.0. The summed E-state index contributed by atoms with van der Waals surface area (Å²) in [6, 6.07) is 22.6. The van der Waals surface area contributed by atoms with Crippen LogP contribution in [0.2, 0.25) is 0 Å². The highest BCUT2D eigenvalue weighted by molar-refractivity contribution is 5.92. The van der Waals surface area contributed by atoms with Gasteiger partial charge in [0.1, 0.15) is 11.3 Å². The number of benzene rings is 3. The van der Waals surface area contributed by atoms with E-state index in [1.165, 1.54) is 47.6 Å². The van der Waals surface area contributed by atoms with Gasteiger partial charge in [-0.15, -0.1) is 0 Å². The first-order valence-electron chi connectivity index (χ1n) is 13.0. The van der Waals surface area contributed by atoms with Gasteiger partial charge >= 0.3 is 5.97 Å². The van der Waals surface area contributed by atoms with Crippen molar-refractivity contribution >= 4 is 11.7 Å². The lowest BCUT2D eigenvalue weighted by molar-refractivity contribution is 0.0693. The lowest BCUT2D eigenvalue weighted by Crippen LogP contribution is -2.24. The van der Waals surface area contributed by atoms with Crippen LogP contribution in [0.25, 0.3) is 0 Å². The standard InChI is InChI=1S/C31H39NO3/c1-3-5-6-7-21-32(28-19-20-30(33)29(22-28)31(34)35)23-27-17-15-26(16-18-27)14-13-25-11-9-24(8-4-2)10-12-25/h9-12,15-20,22,33H,3-8,13-14,21,23H2,1-2H3,(H,34,35). The van der Waals surface area contributed by atoms with Crippen molar-refractivity contribution in [2.24, 2.45) is 0 Å². The van der Waals surface area contributed by atoms with E-state index in [1.807, 2.05) is 6.07 Å². The Kier molecular flexibility index (Phi) is 10.2. The van der Waals surface area contributed by atoms with E-state index in [9.17, 15) is 15.0 Å². The van der Waals surface area contributed by atoms with Crippen molar-refractivity contribution in [3.63, 3.8) is 0 Å². The summed E-state index contributed by atoms with van der Waals surface area (Å²) >= 11 is 0. The maximum absolute atomic E-state index is 11.5. The summed E-state index contributed by atoms with van der Waals surface area (Å²) in [7, 11) is 0. The normalized spacial score (nSPS) is 10.9. The van der Waals surface area contributed by atoms with Crippen LogP contribution >= 0.6 is 0 Å². The molecule has 0 fully saturated rings. The topological polar surface area (TPSA) is 60.8 Å². The molecule has 3 rings (SSSR count). The number of hydrogen-bond acceptors (Lipinski definition) is 3. The molecule has 0 radical (unpaired) electrons. The number of phenols is 1. The van der Waals surface area contributed by atoms with Crippen molar-refractivity contribution in [2.75, 3.05) is 11.4 Å². The van der Waals surface area contributed by atoms with Crippen LogP contribution in [-0.4, -0.2) is 22.7 Å². The van der Waals surface area contributed by atoms with E-state index >= 15 is 0 Å². The number of hydrogen-bond donors (Lipinski definition) is 2. The molecular formula is C31H39NO3. The molecule has 0 aliphatic rings. The Hall–Kier alpha value is -3.27. The molecule has 35 heavy (non-hydrogen) atoms. The van der Waals surface area contributed by atoms with Gasteiger partial charge < -0.3 is 15.1 Å². The van der Waals surface area contributed by atoms with Crippen LogP contribution in [0.5, 0.6) is 5.75 Å². The van der Waals surface area contributed by atoms with E-state index in [4.69, 9.17) is 0 Å². The third-order valence-electron chi connectivity index (χ3n) is 6.52. The minimum atomic E-state index is -1.11. The zero-order valence-corrected chi connectivity index (χ0v) is 21.2. The summed E-state index contributed by atoms with van der Waals surface area (Å²) in [6.07, 6.45) is 8.91. The number of rotatable bonds is 14. The van der Waals surface area contributed by atoms with Gasteiger partial charge in [0.2, 0.25) is 0 Å². The van der Waals surface area contributed by atoms with Crippen LogP contribution in [0, 0.1) is 0 Å². The van der Waals surface area contributed by atoms with Crippen molar-refractivity contribution in [2.45, 2.75) is 71.8 Å². The first-order valence-corrected chi connectivity index (χ1v) is 13.0. The molecule has 0 aromatic heterocycles. The second-order valence-electron chi connectivity index (χ2n) is 9.37. The lowest BCUT2D eigenvalue weighted by atomic mass is 10.0. The molecule has 186 valence electrons. The van der Waals surface area contributed by atoms with E-state index in [1.54, 1.807) is 6.07 Å². The average molecular weight is 474 g/mol. The van der Waals surface area contributed by atoms with Gasteiger partial charge in [0.05, 0.1) is 0 Å². The Morgan fingerprint density at radius 1 is 0.714 bits per heavy atom. The van der Waals surface area contributed by atoms with Gasteiger partial charge in [-0.2, -0.15) is 0 Å². The molecule has 0 saturated carbocycles. The molecule has 0 spiro atoms. The number of aryl methyl sites for hydroxylation is 3. The Labute approximate surface area is 210 Å². The fourth-order valence-corrected chi connectivity index (χ4v) is 4.40. The second kappa shape index (κ2) is 13.6. The number of aromatic hydroxyl groups is 1. The zero-order valence-electron chi connectivity index (χ0n) is 21.2. The molecule has 4 nitrogen and oxygen atoms in total. The largest absolute Gasteiger partial charge is 0.507 e. The maximum Gasteiger partial charge on any atom is 0.339 e.